The molecule has 2 unspecified atom stereocenters. The maximum absolute atomic E-state index is 12.1. The van der Waals surface area contributed by atoms with Gasteiger partial charge in [0.05, 0.1) is 6.61 Å². The van der Waals surface area contributed by atoms with Crippen LogP contribution in [0.5, 0.6) is 0 Å². The van der Waals surface area contributed by atoms with E-state index in [9.17, 15) is 24.3 Å². The van der Waals surface area contributed by atoms with E-state index in [-0.39, 0.29) is 12.8 Å². The van der Waals surface area contributed by atoms with Crippen LogP contribution >= 0.6 is 0 Å². The minimum absolute atomic E-state index is 0.175. The second-order valence-electron chi connectivity index (χ2n) is 4.79. The summed E-state index contributed by atoms with van der Waals surface area (Å²) in [4.78, 5) is 46.1. The van der Waals surface area contributed by atoms with Crippen molar-refractivity contribution < 1.29 is 34.5 Å². The van der Waals surface area contributed by atoms with Crippen LogP contribution in [0.2, 0.25) is 0 Å². The highest BCUT2D eigenvalue weighted by Gasteiger charge is 2.31. The molecule has 4 N–H and O–H groups in total. The Balaban J connectivity index is 4.90. The molecule has 0 fully saturated rings. The fourth-order valence-electron chi connectivity index (χ4n) is 1.82. The van der Waals surface area contributed by atoms with Crippen molar-refractivity contribution in [3.8, 4) is 0 Å². The van der Waals surface area contributed by atoms with E-state index < -0.39 is 48.9 Å². The number of amides is 2. The van der Waals surface area contributed by atoms with Gasteiger partial charge in [0.2, 0.25) is 11.8 Å². The molecule has 0 spiro atoms. The van der Waals surface area contributed by atoms with Crippen molar-refractivity contribution in [2.24, 2.45) is 0 Å². The first-order valence-electron chi connectivity index (χ1n) is 6.86. The lowest BCUT2D eigenvalue weighted by molar-refractivity contribution is -0.151. The molecule has 0 aromatic rings. The number of hydrogen-bond donors (Lipinski definition) is 4. The number of carboxylic acids is 2. The van der Waals surface area contributed by atoms with Gasteiger partial charge in [0.25, 0.3) is 0 Å². The summed E-state index contributed by atoms with van der Waals surface area (Å²) in [6.45, 7) is 1.09. The Kier molecular flexibility index (Phi) is 8.76. The van der Waals surface area contributed by atoms with Crippen LogP contribution in [0.4, 0.5) is 0 Å². The molecule has 22 heavy (non-hydrogen) atoms. The van der Waals surface area contributed by atoms with Gasteiger partial charge in [0, 0.05) is 19.9 Å². The van der Waals surface area contributed by atoms with Crippen LogP contribution in [0.1, 0.15) is 32.6 Å². The molecular weight excluding hydrogens is 296 g/mol. The average molecular weight is 318 g/mol. The van der Waals surface area contributed by atoms with Crippen molar-refractivity contribution in [2.45, 2.75) is 44.7 Å². The van der Waals surface area contributed by atoms with E-state index in [0.29, 0.717) is 6.42 Å². The van der Waals surface area contributed by atoms with Crippen molar-refractivity contribution in [2.75, 3.05) is 13.7 Å². The van der Waals surface area contributed by atoms with Crippen molar-refractivity contribution in [3.05, 3.63) is 0 Å². The van der Waals surface area contributed by atoms with Gasteiger partial charge in [-0.15, -0.1) is 0 Å². The van der Waals surface area contributed by atoms with E-state index in [2.05, 4.69) is 5.32 Å². The summed E-state index contributed by atoms with van der Waals surface area (Å²) in [5.74, 6) is -3.75. The fraction of sp³-hybridized carbons (Fsp3) is 0.692. The molecule has 0 aliphatic rings. The predicted octanol–water partition coefficient (Wildman–Crippen LogP) is -0.960. The summed E-state index contributed by atoms with van der Waals surface area (Å²) < 4.78 is 0. The quantitative estimate of drug-likeness (QED) is 0.406. The Morgan fingerprint density at radius 1 is 1.14 bits per heavy atom. The van der Waals surface area contributed by atoms with Crippen LogP contribution in [0.25, 0.3) is 0 Å². The first-order chi connectivity index (χ1) is 10.2. The van der Waals surface area contributed by atoms with Crippen LogP contribution in [0, 0.1) is 0 Å². The Morgan fingerprint density at radius 3 is 2.14 bits per heavy atom. The molecular formula is C13H22N2O7. The normalized spacial score (nSPS) is 13.0. The monoisotopic (exact) mass is 318 g/mol. The molecule has 9 heteroatoms. The average Bonchev–Trinajstić information content (AvgIpc) is 2.43. The van der Waals surface area contributed by atoms with E-state index in [4.69, 9.17) is 10.2 Å². The number of aliphatic carboxylic acids is 2. The van der Waals surface area contributed by atoms with E-state index >= 15 is 0 Å². The maximum atomic E-state index is 12.1. The van der Waals surface area contributed by atoms with Gasteiger partial charge >= 0.3 is 11.9 Å². The number of hydrogen-bond acceptors (Lipinski definition) is 5. The van der Waals surface area contributed by atoms with Crippen molar-refractivity contribution >= 4 is 23.8 Å². The van der Waals surface area contributed by atoms with Crippen LogP contribution in [-0.2, 0) is 19.2 Å². The Labute approximate surface area is 127 Å². The van der Waals surface area contributed by atoms with Gasteiger partial charge in [-0.2, -0.15) is 0 Å². The largest absolute Gasteiger partial charge is 0.481 e. The molecule has 0 saturated heterocycles. The van der Waals surface area contributed by atoms with E-state index in [1.807, 2.05) is 0 Å². The minimum atomic E-state index is -1.35. The summed E-state index contributed by atoms with van der Waals surface area (Å²) >= 11 is 0. The van der Waals surface area contributed by atoms with Crippen LogP contribution in [0.3, 0.4) is 0 Å². The van der Waals surface area contributed by atoms with Crippen LogP contribution in [0.15, 0.2) is 0 Å². The van der Waals surface area contributed by atoms with Crippen LogP contribution in [-0.4, -0.2) is 69.7 Å². The fourth-order valence-corrected chi connectivity index (χ4v) is 1.82. The number of aliphatic hydroxyl groups is 1. The number of likely N-dealkylation sites (N-methyl/N-ethyl adjacent to an activating group) is 1. The molecule has 0 aromatic carbocycles. The highest BCUT2D eigenvalue weighted by Crippen LogP contribution is 2.08. The van der Waals surface area contributed by atoms with Crippen molar-refractivity contribution in [1.82, 2.24) is 10.2 Å². The zero-order valence-corrected chi connectivity index (χ0v) is 12.6. The summed E-state index contributed by atoms with van der Waals surface area (Å²) in [7, 11) is 1.19. The highest BCUT2D eigenvalue weighted by molar-refractivity contribution is 5.90. The van der Waals surface area contributed by atoms with E-state index in [1.165, 1.54) is 7.05 Å². The lowest BCUT2D eigenvalue weighted by Gasteiger charge is -2.28. The number of nitrogens with zero attached hydrogens (tertiary/aromatic N) is 1. The molecule has 0 aliphatic heterocycles. The molecule has 2 atom stereocenters. The highest BCUT2D eigenvalue weighted by atomic mass is 16.4. The number of carbonyl (C=O) groups is 4. The number of carboxylic acid groups (broad SMARTS) is 2. The second kappa shape index (κ2) is 9.72. The Hall–Kier alpha value is -2.16. The molecule has 0 aromatic heterocycles. The summed E-state index contributed by atoms with van der Waals surface area (Å²) in [6.07, 6.45) is 0.0494. The summed E-state index contributed by atoms with van der Waals surface area (Å²) in [5, 5.41) is 29.2. The van der Waals surface area contributed by atoms with Gasteiger partial charge < -0.3 is 25.5 Å². The third-order valence-corrected chi connectivity index (χ3v) is 3.02. The third-order valence-electron chi connectivity index (χ3n) is 3.02. The first-order valence-corrected chi connectivity index (χ1v) is 6.86. The number of nitrogens with one attached hydrogen (secondary N) is 1. The lowest BCUT2D eigenvalue weighted by Crippen LogP contribution is -2.53. The van der Waals surface area contributed by atoms with Gasteiger partial charge in [-0.05, 0) is 12.8 Å². The molecule has 0 rings (SSSR count). The Bertz CT molecular complexity index is 425. The maximum Gasteiger partial charge on any atom is 0.326 e. The third kappa shape index (κ3) is 6.53. The topological polar surface area (TPSA) is 144 Å². The first kappa shape index (κ1) is 19.8. The van der Waals surface area contributed by atoms with Gasteiger partial charge in [0.15, 0.2) is 0 Å². The zero-order valence-electron chi connectivity index (χ0n) is 12.6. The molecule has 2 amide bonds. The molecule has 0 aliphatic carbocycles. The number of aliphatic hydroxyl groups excluding tert-OH is 1. The molecule has 9 nitrogen and oxygen atoms in total. The van der Waals surface area contributed by atoms with E-state index in [1.54, 1.807) is 6.92 Å². The lowest BCUT2D eigenvalue weighted by atomic mass is 10.1. The SMILES string of the molecule is CCCC(=O)NC(CO)C(=O)N(C)C(CCC(=O)O)C(=O)O. The molecule has 0 radical (unpaired) electrons. The Morgan fingerprint density at radius 2 is 1.73 bits per heavy atom. The van der Waals surface area contributed by atoms with Crippen molar-refractivity contribution in [1.29, 1.82) is 0 Å². The predicted molar refractivity (Wildman–Crippen MR) is 75.0 cm³/mol. The number of rotatable bonds is 10. The van der Waals surface area contributed by atoms with Gasteiger partial charge in [-0.1, -0.05) is 6.92 Å². The summed E-state index contributed by atoms with van der Waals surface area (Å²) in [6, 6.07) is -2.60. The summed E-state index contributed by atoms with van der Waals surface area (Å²) in [5.41, 5.74) is 0. The standard InChI is InChI=1S/C13H22N2O7/c1-3-4-10(17)14-8(7-16)12(20)15(2)9(13(21)22)5-6-11(18)19/h8-9,16H,3-7H2,1-2H3,(H,14,17)(H,18,19)(H,21,22). The zero-order chi connectivity index (χ0) is 17.3. The van der Waals surface area contributed by atoms with Gasteiger partial charge in [-0.25, -0.2) is 4.79 Å². The smallest absolute Gasteiger partial charge is 0.326 e. The molecule has 0 heterocycles. The molecule has 0 bridgehead atoms. The van der Waals surface area contributed by atoms with Gasteiger partial charge in [-0.3, -0.25) is 14.4 Å². The minimum Gasteiger partial charge on any atom is -0.481 e. The number of carbonyl (C=O) groups excluding carboxylic acids is 2. The van der Waals surface area contributed by atoms with Gasteiger partial charge in [0.1, 0.15) is 12.1 Å². The van der Waals surface area contributed by atoms with Crippen molar-refractivity contribution in [3.63, 3.8) is 0 Å². The molecule has 0 saturated carbocycles. The van der Waals surface area contributed by atoms with E-state index in [0.717, 1.165) is 4.90 Å². The second-order valence-corrected chi connectivity index (χ2v) is 4.79. The van der Waals surface area contributed by atoms with Crippen LogP contribution < -0.4 is 5.32 Å². The molecule has 126 valence electrons.